The molecule has 1 aliphatic heterocycles. The van der Waals surface area contributed by atoms with E-state index in [9.17, 15) is 27.6 Å². The maximum atomic E-state index is 13.1. The number of ether oxygens (including phenoxy) is 1. The summed E-state index contributed by atoms with van der Waals surface area (Å²) in [5.74, 6) is -1.30. The summed E-state index contributed by atoms with van der Waals surface area (Å²) in [6.07, 6.45) is -3.09. The number of halogens is 4. The average molecular weight is 535 g/mol. The molecular formula is C25H18ClF3N2O4S. The van der Waals surface area contributed by atoms with Crippen LogP contribution in [-0.4, -0.2) is 28.8 Å². The number of carbonyl (C=O) groups excluding carboxylic acids is 3. The molecule has 36 heavy (non-hydrogen) atoms. The third kappa shape index (κ3) is 4.66. The van der Waals surface area contributed by atoms with E-state index < -0.39 is 28.9 Å². The Morgan fingerprint density at radius 1 is 1.06 bits per heavy atom. The highest BCUT2D eigenvalue weighted by molar-refractivity contribution is 8.19. The van der Waals surface area contributed by atoms with E-state index in [1.165, 1.54) is 19.3 Å². The van der Waals surface area contributed by atoms with Crippen LogP contribution in [0.1, 0.15) is 32.9 Å². The zero-order valence-corrected chi connectivity index (χ0v) is 20.7. The van der Waals surface area contributed by atoms with Crippen LogP contribution >= 0.6 is 23.4 Å². The van der Waals surface area contributed by atoms with Gasteiger partial charge in [0.1, 0.15) is 0 Å². The molecular weight excluding hydrogens is 517 g/mol. The van der Waals surface area contributed by atoms with Gasteiger partial charge in [0.05, 0.1) is 33.9 Å². The molecule has 6 nitrogen and oxygen atoms in total. The summed E-state index contributed by atoms with van der Waals surface area (Å²) in [7, 11) is 1.25. The van der Waals surface area contributed by atoms with Crippen LogP contribution in [0, 0.1) is 13.8 Å². The van der Waals surface area contributed by atoms with Crippen LogP contribution in [0.15, 0.2) is 53.4 Å². The van der Waals surface area contributed by atoms with E-state index in [1.807, 2.05) is 11.5 Å². The van der Waals surface area contributed by atoms with Gasteiger partial charge in [0.15, 0.2) is 0 Å². The van der Waals surface area contributed by atoms with Gasteiger partial charge in [0, 0.05) is 17.1 Å². The second kappa shape index (κ2) is 9.51. The number of aryl methyl sites for hydroxylation is 1. The standard InChI is InChI=1S/C25H18ClF3N2O4S/c1-13-9-15(14(2)30(13)18-7-8-20(26)19(12-18)23(33)35-3)10-21-22(32)31(24(34)36-21)17-6-4-5-16(11-17)25(27,28)29/h4-12H,1-3H3/b21-10+. The zero-order chi connectivity index (χ0) is 26.4. The van der Waals surface area contributed by atoms with E-state index in [1.54, 1.807) is 31.2 Å². The third-order valence-electron chi connectivity index (χ3n) is 5.60. The molecule has 1 aromatic heterocycles. The van der Waals surface area contributed by atoms with Crippen molar-refractivity contribution in [3.05, 3.63) is 86.5 Å². The number of alkyl halides is 3. The van der Waals surface area contributed by atoms with Crippen LogP contribution in [0.5, 0.6) is 0 Å². The lowest BCUT2D eigenvalue weighted by Crippen LogP contribution is -2.28. The van der Waals surface area contributed by atoms with Crippen molar-refractivity contribution in [1.82, 2.24) is 4.57 Å². The molecule has 2 aromatic carbocycles. The number of esters is 1. The molecule has 11 heteroatoms. The van der Waals surface area contributed by atoms with Crippen LogP contribution in [-0.2, 0) is 15.7 Å². The zero-order valence-electron chi connectivity index (χ0n) is 19.1. The Bertz CT molecular complexity index is 1450. The third-order valence-corrected chi connectivity index (χ3v) is 6.79. The van der Waals surface area contributed by atoms with Gasteiger partial charge in [-0.25, -0.2) is 9.69 Å². The SMILES string of the molecule is COC(=O)c1cc(-n2c(C)cc(/C=C3/SC(=O)N(c4cccc(C(F)(F)F)c4)C3=O)c2C)ccc1Cl. The minimum atomic E-state index is -4.61. The van der Waals surface area contributed by atoms with Crippen molar-refractivity contribution in [2.24, 2.45) is 0 Å². The van der Waals surface area contributed by atoms with Crippen molar-refractivity contribution in [1.29, 1.82) is 0 Å². The first kappa shape index (κ1) is 25.6. The molecule has 1 aliphatic rings. The number of anilines is 1. The number of amides is 2. The lowest BCUT2D eigenvalue weighted by molar-refractivity contribution is -0.137. The summed E-state index contributed by atoms with van der Waals surface area (Å²) < 4.78 is 45.9. The van der Waals surface area contributed by atoms with E-state index in [0.717, 1.165) is 28.8 Å². The van der Waals surface area contributed by atoms with Gasteiger partial charge in [-0.3, -0.25) is 9.59 Å². The maximum absolute atomic E-state index is 13.1. The summed E-state index contributed by atoms with van der Waals surface area (Å²) in [6.45, 7) is 3.62. The van der Waals surface area contributed by atoms with Crippen LogP contribution in [0.3, 0.4) is 0 Å². The Kier molecular flexibility index (Phi) is 6.76. The number of benzene rings is 2. The molecule has 3 aromatic rings. The quantitative estimate of drug-likeness (QED) is 0.272. The number of nitrogens with zero attached hydrogens (tertiary/aromatic N) is 2. The second-order valence-electron chi connectivity index (χ2n) is 7.88. The van der Waals surface area contributed by atoms with E-state index in [2.05, 4.69) is 0 Å². The lowest BCUT2D eigenvalue weighted by Gasteiger charge is -2.14. The first-order valence-electron chi connectivity index (χ1n) is 10.4. The predicted octanol–water partition coefficient (Wildman–Crippen LogP) is 6.79. The van der Waals surface area contributed by atoms with Gasteiger partial charge in [-0.05, 0) is 79.7 Å². The van der Waals surface area contributed by atoms with Gasteiger partial charge in [-0.15, -0.1) is 0 Å². The van der Waals surface area contributed by atoms with Crippen LogP contribution in [0.2, 0.25) is 5.02 Å². The van der Waals surface area contributed by atoms with Gasteiger partial charge in [-0.2, -0.15) is 13.2 Å². The summed E-state index contributed by atoms with van der Waals surface area (Å²) in [5, 5.41) is -0.462. The highest BCUT2D eigenvalue weighted by Gasteiger charge is 2.38. The summed E-state index contributed by atoms with van der Waals surface area (Å²) >= 11 is 6.77. The summed E-state index contributed by atoms with van der Waals surface area (Å²) in [4.78, 5) is 38.4. The Hall–Kier alpha value is -3.50. The molecule has 2 amide bonds. The molecule has 1 saturated heterocycles. The van der Waals surface area contributed by atoms with Crippen molar-refractivity contribution >= 4 is 52.2 Å². The van der Waals surface area contributed by atoms with E-state index >= 15 is 0 Å². The van der Waals surface area contributed by atoms with Gasteiger partial charge < -0.3 is 9.30 Å². The van der Waals surface area contributed by atoms with E-state index in [-0.39, 0.29) is 21.2 Å². The minimum Gasteiger partial charge on any atom is -0.465 e. The fourth-order valence-corrected chi connectivity index (χ4v) is 4.93. The molecule has 186 valence electrons. The molecule has 0 spiro atoms. The number of imide groups is 1. The Morgan fingerprint density at radius 3 is 2.44 bits per heavy atom. The number of hydrogen-bond donors (Lipinski definition) is 0. The highest BCUT2D eigenvalue weighted by atomic mass is 35.5. The first-order valence-corrected chi connectivity index (χ1v) is 11.6. The Labute approximate surface area is 213 Å². The number of thioether (sulfide) groups is 1. The first-order chi connectivity index (χ1) is 16.9. The Morgan fingerprint density at radius 2 is 1.78 bits per heavy atom. The van der Waals surface area contributed by atoms with Crippen LogP contribution in [0.25, 0.3) is 11.8 Å². The number of hydrogen-bond acceptors (Lipinski definition) is 5. The summed E-state index contributed by atoms with van der Waals surface area (Å²) in [5.41, 5.74) is 1.81. The molecule has 0 atom stereocenters. The molecule has 0 unspecified atom stereocenters. The van der Waals surface area contributed by atoms with Crippen LogP contribution < -0.4 is 4.90 Å². The van der Waals surface area contributed by atoms with Crippen molar-refractivity contribution in [2.75, 3.05) is 12.0 Å². The summed E-state index contributed by atoms with van der Waals surface area (Å²) in [6, 6.07) is 10.7. The fourth-order valence-electron chi connectivity index (χ4n) is 3.90. The number of methoxy groups -OCH3 is 1. The molecule has 0 N–H and O–H groups in total. The van der Waals surface area contributed by atoms with Crippen LogP contribution in [0.4, 0.5) is 23.7 Å². The second-order valence-corrected chi connectivity index (χ2v) is 9.28. The number of rotatable bonds is 4. The molecule has 1 fully saturated rings. The van der Waals surface area contributed by atoms with E-state index in [4.69, 9.17) is 16.3 Å². The molecule has 0 radical (unpaired) electrons. The molecule has 4 rings (SSSR count). The molecule has 0 bridgehead atoms. The lowest BCUT2D eigenvalue weighted by atomic mass is 10.1. The monoisotopic (exact) mass is 534 g/mol. The maximum Gasteiger partial charge on any atom is 0.416 e. The van der Waals surface area contributed by atoms with Crippen molar-refractivity contribution in [3.63, 3.8) is 0 Å². The average Bonchev–Trinajstić information content (AvgIpc) is 3.26. The van der Waals surface area contributed by atoms with Gasteiger partial charge in [-0.1, -0.05) is 17.7 Å². The normalized spacial score (nSPS) is 15.2. The Balaban J connectivity index is 1.70. The predicted molar refractivity (Wildman–Crippen MR) is 131 cm³/mol. The van der Waals surface area contributed by atoms with Gasteiger partial charge >= 0.3 is 12.1 Å². The van der Waals surface area contributed by atoms with Crippen molar-refractivity contribution in [3.8, 4) is 5.69 Å². The fraction of sp³-hybridized carbons (Fsp3) is 0.160. The molecule has 0 aliphatic carbocycles. The van der Waals surface area contributed by atoms with Crippen molar-refractivity contribution in [2.45, 2.75) is 20.0 Å². The molecule has 0 saturated carbocycles. The van der Waals surface area contributed by atoms with Gasteiger partial charge in [0.2, 0.25) is 0 Å². The highest BCUT2D eigenvalue weighted by Crippen LogP contribution is 2.39. The number of carbonyl (C=O) groups is 3. The molecule has 2 heterocycles. The topological polar surface area (TPSA) is 68.6 Å². The largest absolute Gasteiger partial charge is 0.465 e. The number of aromatic nitrogens is 1. The minimum absolute atomic E-state index is 0.0732. The van der Waals surface area contributed by atoms with E-state index in [0.29, 0.717) is 28.7 Å². The smallest absolute Gasteiger partial charge is 0.416 e. The van der Waals surface area contributed by atoms with Gasteiger partial charge in [0.25, 0.3) is 11.1 Å². The van der Waals surface area contributed by atoms with Crippen molar-refractivity contribution < 1.29 is 32.3 Å².